The second-order valence-corrected chi connectivity index (χ2v) is 7.97. The van der Waals surface area contributed by atoms with Crippen molar-refractivity contribution in [2.24, 2.45) is 0 Å². The smallest absolute Gasteiger partial charge is 0.266 e. The van der Waals surface area contributed by atoms with Crippen LogP contribution in [0.4, 0.5) is 8.78 Å². The number of halogens is 2. The first-order chi connectivity index (χ1) is 12.1. The number of hydrogen-bond acceptors (Lipinski definition) is 3. The molecule has 1 aromatic heterocycles. The van der Waals surface area contributed by atoms with Crippen LogP contribution in [0.5, 0.6) is 0 Å². The maximum atomic E-state index is 14.1. The Labute approximate surface area is 149 Å². The topological polar surface area (TPSA) is 33.2 Å². The fourth-order valence-corrected chi connectivity index (χ4v) is 4.53. The molecule has 1 heterocycles. The van der Waals surface area contributed by atoms with Crippen molar-refractivity contribution in [2.75, 3.05) is 0 Å². The Morgan fingerprint density at radius 2 is 1.84 bits per heavy atom. The van der Waals surface area contributed by atoms with E-state index in [1.54, 1.807) is 11.1 Å². The van der Waals surface area contributed by atoms with E-state index >= 15 is 0 Å². The zero-order valence-corrected chi connectivity index (χ0v) is 14.7. The van der Waals surface area contributed by atoms with E-state index in [1.165, 1.54) is 29.5 Å². The molecule has 0 aliphatic heterocycles. The van der Waals surface area contributed by atoms with Gasteiger partial charge in [-0.1, -0.05) is 18.9 Å². The van der Waals surface area contributed by atoms with Crippen LogP contribution in [0.15, 0.2) is 24.4 Å². The van der Waals surface area contributed by atoms with Crippen LogP contribution in [0.3, 0.4) is 0 Å². The van der Waals surface area contributed by atoms with Gasteiger partial charge in [0, 0.05) is 17.5 Å². The Morgan fingerprint density at radius 1 is 1.16 bits per heavy atom. The van der Waals surface area contributed by atoms with Crippen LogP contribution in [-0.4, -0.2) is 21.8 Å². The fourth-order valence-electron chi connectivity index (χ4n) is 3.48. The first kappa shape index (κ1) is 16.6. The summed E-state index contributed by atoms with van der Waals surface area (Å²) >= 11 is 1.43. The Morgan fingerprint density at radius 3 is 2.48 bits per heavy atom. The highest BCUT2D eigenvalue weighted by Gasteiger charge is 2.32. The van der Waals surface area contributed by atoms with Crippen molar-refractivity contribution in [3.05, 3.63) is 51.5 Å². The number of amides is 1. The van der Waals surface area contributed by atoms with E-state index in [2.05, 4.69) is 4.98 Å². The minimum atomic E-state index is -0.598. The minimum absolute atomic E-state index is 0.0291. The number of carbonyl (C=O) groups excluding carboxylic acids is 1. The Hall–Kier alpha value is -1.82. The third-order valence-corrected chi connectivity index (χ3v) is 6.23. The molecule has 0 N–H and O–H groups in total. The van der Waals surface area contributed by atoms with Gasteiger partial charge in [-0.15, -0.1) is 11.3 Å². The normalized spacial score (nSPS) is 17.8. The number of carbonyl (C=O) groups is 1. The predicted molar refractivity (Wildman–Crippen MR) is 92.6 cm³/mol. The molecule has 3 nitrogen and oxygen atoms in total. The maximum Gasteiger partial charge on any atom is 0.266 e. The first-order valence-electron chi connectivity index (χ1n) is 8.83. The highest BCUT2D eigenvalue weighted by atomic mass is 32.1. The molecule has 2 aliphatic carbocycles. The summed E-state index contributed by atoms with van der Waals surface area (Å²) in [6.07, 6.45) is 7.75. The molecule has 0 radical (unpaired) electrons. The first-order valence-corrected chi connectivity index (χ1v) is 9.64. The van der Waals surface area contributed by atoms with Crippen LogP contribution in [0.25, 0.3) is 0 Å². The molecule has 1 aromatic carbocycles. The molecular formula is C19H20F2N2OS. The SMILES string of the molecule is O=C(c1cnc(C2CC2)s1)N(Cc1c(F)cccc1F)C1CCCC1. The monoisotopic (exact) mass is 362 g/mol. The van der Waals surface area contributed by atoms with Crippen molar-refractivity contribution in [1.29, 1.82) is 0 Å². The van der Waals surface area contributed by atoms with Crippen molar-refractivity contribution in [1.82, 2.24) is 9.88 Å². The molecule has 2 aliphatic rings. The Kier molecular flexibility index (Phi) is 4.54. The van der Waals surface area contributed by atoms with E-state index in [1.807, 2.05) is 0 Å². The van der Waals surface area contributed by atoms with Crippen LogP contribution in [0.2, 0.25) is 0 Å². The van der Waals surface area contributed by atoms with Crippen molar-refractivity contribution in [2.45, 2.75) is 57.0 Å². The Balaban J connectivity index is 1.61. The zero-order chi connectivity index (χ0) is 17.4. The average Bonchev–Trinajstić information content (AvgIpc) is 3.11. The highest BCUT2D eigenvalue weighted by Crippen LogP contribution is 2.42. The van der Waals surface area contributed by atoms with Crippen molar-refractivity contribution in [3.8, 4) is 0 Å². The van der Waals surface area contributed by atoms with Crippen LogP contribution >= 0.6 is 11.3 Å². The molecule has 6 heteroatoms. The van der Waals surface area contributed by atoms with Crippen LogP contribution < -0.4 is 0 Å². The van der Waals surface area contributed by atoms with Gasteiger partial charge >= 0.3 is 0 Å². The molecule has 2 saturated carbocycles. The lowest BCUT2D eigenvalue weighted by molar-refractivity contribution is 0.0665. The summed E-state index contributed by atoms with van der Waals surface area (Å²) in [6, 6.07) is 3.88. The highest BCUT2D eigenvalue weighted by molar-refractivity contribution is 7.13. The van der Waals surface area contributed by atoms with E-state index in [4.69, 9.17) is 0 Å². The predicted octanol–water partition coefficient (Wildman–Crippen LogP) is 4.88. The van der Waals surface area contributed by atoms with Crippen LogP contribution in [0, 0.1) is 11.6 Å². The number of hydrogen-bond donors (Lipinski definition) is 0. The molecule has 0 atom stereocenters. The minimum Gasteiger partial charge on any atom is -0.330 e. The van der Waals surface area contributed by atoms with Gasteiger partial charge in [0.15, 0.2) is 0 Å². The van der Waals surface area contributed by atoms with Gasteiger partial charge in [-0.05, 0) is 37.8 Å². The molecule has 132 valence electrons. The van der Waals surface area contributed by atoms with E-state index < -0.39 is 11.6 Å². The molecule has 4 rings (SSSR count). The molecule has 0 spiro atoms. The summed E-state index contributed by atoms with van der Waals surface area (Å²) in [6.45, 7) is -0.0291. The molecular weight excluding hydrogens is 342 g/mol. The summed E-state index contributed by atoms with van der Waals surface area (Å²) in [5.41, 5.74) is -0.0327. The van der Waals surface area contributed by atoms with Gasteiger partial charge in [-0.2, -0.15) is 0 Å². The third-order valence-electron chi connectivity index (χ3n) is 5.08. The molecule has 2 aromatic rings. The van der Waals surface area contributed by atoms with Gasteiger partial charge < -0.3 is 4.90 Å². The largest absolute Gasteiger partial charge is 0.330 e. The lowest BCUT2D eigenvalue weighted by atomic mass is 10.1. The second-order valence-electron chi connectivity index (χ2n) is 6.91. The van der Waals surface area contributed by atoms with Crippen LogP contribution in [-0.2, 0) is 6.54 Å². The fraction of sp³-hybridized carbons (Fsp3) is 0.474. The summed E-state index contributed by atoms with van der Waals surface area (Å²) in [7, 11) is 0. The van der Waals surface area contributed by atoms with E-state index in [0.717, 1.165) is 43.5 Å². The number of nitrogens with zero attached hydrogens (tertiary/aromatic N) is 2. The van der Waals surface area contributed by atoms with Gasteiger partial charge in [0.1, 0.15) is 16.5 Å². The summed E-state index contributed by atoms with van der Waals surface area (Å²) < 4.78 is 28.2. The number of benzene rings is 1. The number of rotatable bonds is 5. The second kappa shape index (κ2) is 6.83. The van der Waals surface area contributed by atoms with Crippen molar-refractivity contribution >= 4 is 17.2 Å². The van der Waals surface area contributed by atoms with E-state index in [9.17, 15) is 13.6 Å². The molecule has 0 bridgehead atoms. The lowest BCUT2D eigenvalue weighted by Gasteiger charge is -2.29. The summed E-state index contributed by atoms with van der Waals surface area (Å²) in [4.78, 5) is 19.7. The van der Waals surface area contributed by atoms with Gasteiger partial charge in [-0.25, -0.2) is 13.8 Å². The van der Waals surface area contributed by atoms with Crippen LogP contribution in [0.1, 0.15) is 64.7 Å². The molecule has 1 amide bonds. The Bertz CT molecular complexity index is 761. The summed E-state index contributed by atoms with van der Waals surface area (Å²) in [5.74, 6) is -0.855. The molecule has 0 saturated heterocycles. The third kappa shape index (κ3) is 3.45. The average molecular weight is 362 g/mol. The summed E-state index contributed by atoms with van der Waals surface area (Å²) in [5, 5.41) is 1.01. The van der Waals surface area contributed by atoms with E-state index in [0.29, 0.717) is 10.8 Å². The van der Waals surface area contributed by atoms with Gasteiger partial charge in [-0.3, -0.25) is 4.79 Å². The molecule has 25 heavy (non-hydrogen) atoms. The van der Waals surface area contributed by atoms with E-state index in [-0.39, 0.29) is 24.1 Å². The molecule has 2 fully saturated rings. The van der Waals surface area contributed by atoms with Crippen molar-refractivity contribution < 1.29 is 13.6 Å². The zero-order valence-electron chi connectivity index (χ0n) is 13.9. The standard InChI is InChI=1S/C19H20F2N2OS/c20-15-6-3-7-16(21)14(15)11-23(13-4-1-2-5-13)19(24)17-10-22-18(25-17)12-8-9-12/h3,6-7,10,12-13H,1-2,4-5,8-9,11H2. The lowest BCUT2D eigenvalue weighted by Crippen LogP contribution is -2.38. The van der Waals surface area contributed by atoms with Crippen molar-refractivity contribution in [3.63, 3.8) is 0 Å². The molecule has 0 unspecified atom stereocenters. The number of thiazole rings is 1. The maximum absolute atomic E-state index is 14.1. The van der Waals surface area contributed by atoms with Gasteiger partial charge in [0.2, 0.25) is 0 Å². The quantitative estimate of drug-likeness (QED) is 0.759. The number of aromatic nitrogens is 1. The van der Waals surface area contributed by atoms with Gasteiger partial charge in [0.25, 0.3) is 5.91 Å². The van der Waals surface area contributed by atoms with Gasteiger partial charge in [0.05, 0.1) is 17.7 Å².